The molecule has 0 spiro atoms. The maximum Gasteiger partial charge on any atom is 0.309 e. The average molecular weight is 216 g/mol. The highest BCUT2D eigenvalue weighted by Crippen LogP contribution is 2.12. The molecule has 0 radical (unpaired) electrons. The molecular formula is C14H16O2. The van der Waals surface area contributed by atoms with Gasteiger partial charge in [0.2, 0.25) is 0 Å². The third kappa shape index (κ3) is 3.73. The summed E-state index contributed by atoms with van der Waals surface area (Å²) in [7, 11) is 0. The second-order valence-electron chi connectivity index (χ2n) is 3.24. The Morgan fingerprint density at radius 1 is 1.38 bits per heavy atom. The van der Waals surface area contributed by atoms with Crippen molar-refractivity contribution in [2.75, 3.05) is 6.61 Å². The predicted molar refractivity (Wildman–Crippen MR) is 66.8 cm³/mol. The van der Waals surface area contributed by atoms with Gasteiger partial charge in [0.05, 0.1) is 13.0 Å². The van der Waals surface area contributed by atoms with Crippen LogP contribution in [0, 0.1) is 0 Å². The minimum atomic E-state index is -0.199. The van der Waals surface area contributed by atoms with Gasteiger partial charge in [0.25, 0.3) is 0 Å². The zero-order valence-corrected chi connectivity index (χ0v) is 9.48. The number of carbonyl (C=O) groups is 1. The van der Waals surface area contributed by atoms with Crippen molar-refractivity contribution in [2.24, 2.45) is 0 Å². The average Bonchev–Trinajstić information content (AvgIpc) is 2.30. The van der Waals surface area contributed by atoms with Crippen LogP contribution in [-0.4, -0.2) is 12.6 Å². The van der Waals surface area contributed by atoms with Gasteiger partial charge in [0.1, 0.15) is 0 Å². The van der Waals surface area contributed by atoms with Gasteiger partial charge in [-0.1, -0.05) is 49.1 Å². The lowest BCUT2D eigenvalue weighted by atomic mass is 10.1. The summed E-state index contributed by atoms with van der Waals surface area (Å²) in [5.74, 6) is -0.199. The van der Waals surface area contributed by atoms with Gasteiger partial charge < -0.3 is 4.74 Å². The van der Waals surface area contributed by atoms with Crippen LogP contribution in [0.2, 0.25) is 0 Å². The zero-order chi connectivity index (χ0) is 11.8. The Morgan fingerprint density at radius 3 is 2.69 bits per heavy atom. The molecule has 16 heavy (non-hydrogen) atoms. The van der Waals surface area contributed by atoms with Gasteiger partial charge in [-0.3, -0.25) is 4.79 Å². The zero-order valence-electron chi connectivity index (χ0n) is 9.48. The molecule has 0 aromatic heterocycles. The van der Waals surface area contributed by atoms with E-state index >= 15 is 0 Å². The van der Waals surface area contributed by atoms with Crippen LogP contribution in [0.3, 0.4) is 0 Å². The van der Waals surface area contributed by atoms with E-state index in [2.05, 4.69) is 6.58 Å². The Kier molecular flexibility index (Phi) is 5.06. The number of rotatable bonds is 5. The molecule has 0 saturated carbocycles. The van der Waals surface area contributed by atoms with E-state index in [1.54, 1.807) is 19.1 Å². The lowest BCUT2D eigenvalue weighted by Gasteiger charge is -2.00. The molecule has 0 fully saturated rings. The third-order valence-corrected chi connectivity index (χ3v) is 2.10. The van der Waals surface area contributed by atoms with Crippen molar-refractivity contribution in [3.63, 3.8) is 0 Å². The van der Waals surface area contributed by atoms with Crippen molar-refractivity contribution < 1.29 is 9.53 Å². The minimum absolute atomic E-state index is 0.199. The molecule has 0 N–H and O–H groups in total. The normalized spacial score (nSPS) is 10.3. The number of hydrogen-bond donors (Lipinski definition) is 0. The highest BCUT2D eigenvalue weighted by molar-refractivity contribution is 5.73. The summed E-state index contributed by atoms with van der Waals surface area (Å²) < 4.78 is 4.83. The number of ether oxygens (including phenoxy) is 1. The maximum absolute atomic E-state index is 11.1. The van der Waals surface area contributed by atoms with Crippen LogP contribution in [0.5, 0.6) is 0 Å². The summed E-state index contributed by atoms with van der Waals surface area (Å²) in [5.41, 5.74) is 2.12. The lowest BCUT2D eigenvalue weighted by molar-refractivity contribution is -0.142. The van der Waals surface area contributed by atoms with E-state index < -0.39 is 0 Å². The quantitative estimate of drug-likeness (QED) is 0.706. The van der Waals surface area contributed by atoms with E-state index in [4.69, 9.17) is 4.74 Å². The molecule has 84 valence electrons. The molecule has 0 amide bonds. The number of esters is 1. The van der Waals surface area contributed by atoms with Crippen LogP contribution < -0.4 is 0 Å². The fraction of sp³-hybridized carbons (Fsp3) is 0.214. The van der Waals surface area contributed by atoms with Gasteiger partial charge in [-0.2, -0.15) is 0 Å². The minimum Gasteiger partial charge on any atom is -0.466 e. The predicted octanol–water partition coefficient (Wildman–Crippen LogP) is 3.30. The van der Waals surface area contributed by atoms with Crippen LogP contribution in [0.4, 0.5) is 0 Å². The van der Waals surface area contributed by atoms with Crippen LogP contribution in [-0.2, 0) is 9.53 Å². The smallest absolute Gasteiger partial charge is 0.309 e. The number of benzene rings is 1. The first-order chi connectivity index (χ1) is 7.77. The molecule has 0 bridgehead atoms. The topological polar surface area (TPSA) is 26.3 Å². The fourth-order valence-electron chi connectivity index (χ4n) is 1.35. The third-order valence-electron chi connectivity index (χ3n) is 2.10. The highest BCUT2D eigenvalue weighted by atomic mass is 16.5. The van der Waals surface area contributed by atoms with Crippen molar-refractivity contribution in [1.29, 1.82) is 0 Å². The van der Waals surface area contributed by atoms with Crippen LogP contribution in [0.15, 0.2) is 36.9 Å². The summed E-state index contributed by atoms with van der Waals surface area (Å²) in [4.78, 5) is 11.1. The summed E-state index contributed by atoms with van der Waals surface area (Å²) >= 11 is 0. The Bertz CT molecular complexity index is 391. The molecule has 2 nitrogen and oxygen atoms in total. The lowest BCUT2D eigenvalue weighted by Crippen LogP contribution is -2.01. The Labute approximate surface area is 96.2 Å². The van der Waals surface area contributed by atoms with Gasteiger partial charge in [0, 0.05) is 0 Å². The van der Waals surface area contributed by atoms with Crippen LogP contribution >= 0.6 is 0 Å². The first-order valence-electron chi connectivity index (χ1n) is 5.31. The number of hydrogen-bond acceptors (Lipinski definition) is 2. The number of carbonyl (C=O) groups excluding carboxylic acids is 1. The molecule has 1 aromatic carbocycles. The van der Waals surface area contributed by atoms with Crippen molar-refractivity contribution >= 4 is 18.1 Å². The summed E-state index contributed by atoms with van der Waals surface area (Å²) in [5, 5.41) is 0. The second-order valence-corrected chi connectivity index (χ2v) is 3.24. The van der Waals surface area contributed by atoms with E-state index in [1.165, 1.54) is 0 Å². The van der Waals surface area contributed by atoms with Crippen molar-refractivity contribution in [3.8, 4) is 0 Å². The largest absolute Gasteiger partial charge is 0.466 e. The molecule has 1 aromatic rings. The highest BCUT2D eigenvalue weighted by Gasteiger charge is 1.97. The van der Waals surface area contributed by atoms with Crippen LogP contribution in [0.25, 0.3) is 12.2 Å². The summed E-state index contributed by atoms with van der Waals surface area (Å²) in [6.45, 7) is 5.97. The molecule has 0 aliphatic carbocycles. The second kappa shape index (κ2) is 6.62. The van der Waals surface area contributed by atoms with Gasteiger partial charge in [-0.25, -0.2) is 0 Å². The molecule has 0 heterocycles. The molecule has 0 atom stereocenters. The fourth-order valence-corrected chi connectivity index (χ4v) is 1.35. The maximum atomic E-state index is 11.1. The first-order valence-corrected chi connectivity index (χ1v) is 5.31. The molecule has 1 rings (SSSR count). The Balaban J connectivity index is 2.62. The first kappa shape index (κ1) is 12.2. The monoisotopic (exact) mass is 216 g/mol. The van der Waals surface area contributed by atoms with Crippen molar-refractivity contribution in [3.05, 3.63) is 48.0 Å². The Hall–Kier alpha value is -1.83. The molecule has 2 heteroatoms. The van der Waals surface area contributed by atoms with Gasteiger partial charge >= 0.3 is 5.97 Å². The SMILES string of the molecule is C=Cc1ccccc1C=CCC(=O)OCC. The molecule has 0 aliphatic heterocycles. The molecule has 0 unspecified atom stereocenters. The molecule has 0 saturated heterocycles. The van der Waals surface area contributed by atoms with E-state index in [9.17, 15) is 4.79 Å². The van der Waals surface area contributed by atoms with Gasteiger partial charge in [0.15, 0.2) is 0 Å². The molecular weight excluding hydrogens is 200 g/mol. The van der Waals surface area contributed by atoms with E-state index in [0.29, 0.717) is 13.0 Å². The van der Waals surface area contributed by atoms with Gasteiger partial charge in [-0.15, -0.1) is 0 Å². The van der Waals surface area contributed by atoms with Gasteiger partial charge in [-0.05, 0) is 18.1 Å². The van der Waals surface area contributed by atoms with Crippen molar-refractivity contribution in [2.45, 2.75) is 13.3 Å². The van der Waals surface area contributed by atoms with E-state index in [0.717, 1.165) is 11.1 Å². The standard InChI is InChI=1S/C14H16O2/c1-3-12-8-5-6-9-13(12)10-7-11-14(15)16-4-2/h3,5-10H,1,4,11H2,2H3. The Morgan fingerprint density at radius 2 is 2.06 bits per heavy atom. The summed E-state index contributed by atoms with van der Waals surface area (Å²) in [6.07, 6.45) is 5.82. The van der Waals surface area contributed by atoms with Crippen LogP contribution in [0.1, 0.15) is 24.5 Å². The summed E-state index contributed by atoms with van der Waals surface area (Å²) in [6, 6.07) is 7.88. The van der Waals surface area contributed by atoms with Crippen molar-refractivity contribution in [1.82, 2.24) is 0 Å². The van der Waals surface area contributed by atoms with E-state index in [1.807, 2.05) is 30.3 Å². The molecule has 0 aliphatic rings. The van der Waals surface area contributed by atoms with E-state index in [-0.39, 0.29) is 5.97 Å².